The lowest BCUT2D eigenvalue weighted by Crippen LogP contribution is -2.26. The van der Waals surface area contributed by atoms with Crippen molar-refractivity contribution in [3.63, 3.8) is 0 Å². The number of nitrogens with one attached hydrogen (secondary N) is 6. The molecule has 1 aliphatic rings. The van der Waals surface area contributed by atoms with Gasteiger partial charge in [0.25, 0.3) is 0 Å². The quantitative estimate of drug-likeness (QED) is 0.344. The van der Waals surface area contributed by atoms with Gasteiger partial charge < -0.3 is 31.9 Å². The maximum Gasteiger partial charge on any atom is 0.0545 e. The van der Waals surface area contributed by atoms with Crippen LogP contribution in [0.5, 0.6) is 0 Å². The van der Waals surface area contributed by atoms with E-state index in [1.54, 1.807) is 0 Å². The number of hydrogen-bond donors (Lipinski definition) is 6. The Balaban J connectivity index is 1.39. The van der Waals surface area contributed by atoms with E-state index in [1.165, 1.54) is 0 Å². The third-order valence-electron chi connectivity index (χ3n) is 5.78. The van der Waals surface area contributed by atoms with Crippen LogP contribution >= 0.6 is 0 Å². The summed E-state index contributed by atoms with van der Waals surface area (Å²) >= 11 is 0. The van der Waals surface area contributed by atoms with E-state index in [0.717, 1.165) is 127 Å². The van der Waals surface area contributed by atoms with Crippen molar-refractivity contribution in [1.29, 1.82) is 0 Å². The van der Waals surface area contributed by atoms with Crippen molar-refractivity contribution in [2.75, 3.05) is 52.4 Å². The summed E-state index contributed by atoms with van der Waals surface area (Å²) in [6.45, 7) is 11.4. The molecular formula is C26H44N8. The second kappa shape index (κ2) is 17.5. The normalized spacial score (nSPS) is 19.5. The van der Waals surface area contributed by atoms with E-state index in [2.05, 4.69) is 68.3 Å². The molecule has 4 bridgehead atoms. The van der Waals surface area contributed by atoms with Gasteiger partial charge in [-0.2, -0.15) is 0 Å². The highest BCUT2D eigenvalue weighted by atomic mass is 14.9. The van der Waals surface area contributed by atoms with Gasteiger partial charge in [0.15, 0.2) is 0 Å². The second-order valence-corrected chi connectivity index (χ2v) is 8.86. The van der Waals surface area contributed by atoms with Gasteiger partial charge in [0.1, 0.15) is 0 Å². The molecule has 0 fully saturated rings. The minimum atomic E-state index is 0.825. The largest absolute Gasteiger partial charge is 0.317 e. The highest BCUT2D eigenvalue weighted by Crippen LogP contribution is 2.01. The Labute approximate surface area is 205 Å². The zero-order valence-corrected chi connectivity index (χ0v) is 20.7. The maximum atomic E-state index is 4.77. The standard InChI is InChI=1S/C26H44N8/c1-7-23-19-29-15-3-11-27-13-5-17-31-21-25-9-2-10-26(34-25)22-32-18-6-14-28-12-4-16-30-20-24(8-1)33-23/h1-2,7-10,27-32H,3-6,11-22H2. The lowest BCUT2D eigenvalue weighted by Gasteiger charge is -2.10. The van der Waals surface area contributed by atoms with E-state index in [0.29, 0.717) is 0 Å². The third-order valence-corrected chi connectivity index (χ3v) is 5.78. The van der Waals surface area contributed by atoms with Crippen molar-refractivity contribution in [2.45, 2.75) is 51.9 Å². The lowest BCUT2D eigenvalue weighted by molar-refractivity contribution is 0.554. The Morgan fingerprint density at radius 3 is 0.941 bits per heavy atom. The number of aromatic nitrogens is 2. The van der Waals surface area contributed by atoms with Gasteiger partial charge in [-0.05, 0) is 102 Å². The Bertz CT molecular complexity index is 665. The summed E-state index contributed by atoms with van der Waals surface area (Å²) in [5.41, 5.74) is 4.45. The average molecular weight is 469 g/mol. The van der Waals surface area contributed by atoms with E-state index >= 15 is 0 Å². The molecule has 8 heteroatoms. The molecule has 0 atom stereocenters. The first-order valence-electron chi connectivity index (χ1n) is 13.0. The minimum absolute atomic E-state index is 0.825. The van der Waals surface area contributed by atoms with E-state index in [-0.39, 0.29) is 0 Å². The van der Waals surface area contributed by atoms with Crippen LogP contribution in [0.1, 0.15) is 48.5 Å². The molecule has 3 rings (SSSR count). The van der Waals surface area contributed by atoms with E-state index in [4.69, 9.17) is 9.97 Å². The monoisotopic (exact) mass is 468 g/mol. The first-order chi connectivity index (χ1) is 16.9. The zero-order chi connectivity index (χ0) is 23.5. The number of hydrogen-bond acceptors (Lipinski definition) is 8. The molecular weight excluding hydrogens is 424 g/mol. The number of rotatable bonds is 0. The summed E-state index contributed by atoms with van der Waals surface area (Å²) in [6, 6.07) is 12.6. The highest BCUT2D eigenvalue weighted by molar-refractivity contribution is 5.12. The summed E-state index contributed by atoms with van der Waals surface area (Å²) in [7, 11) is 0. The van der Waals surface area contributed by atoms with Crippen molar-refractivity contribution in [3.8, 4) is 0 Å². The van der Waals surface area contributed by atoms with E-state index in [9.17, 15) is 0 Å². The molecule has 0 amide bonds. The van der Waals surface area contributed by atoms with Crippen molar-refractivity contribution < 1.29 is 0 Å². The van der Waals surface area contributed by atoms with E-state index in [1.807, 2.05) is 0 Å². The Hall–Kier alpha value is -1.94. The van der Waals surface area contributed by atoms with Crippen LogP contribution in [0.15, 0.2) is 36.4 Å². The summed E-state index contributed by atoms with van der Waals surface area (Å²) in [6.07, 6.45) is 4.47. The minimum Gasteiger partial charge on any atom is -0.317 e. The van der Waals surface area contributed by atoms with E-state index < -0.39 is 0 Å². The van der Waals surface area contributed by atoms with Crippen molar-refractivity contribution in [3.05, 3.63) is 59.2 Å². The first-order valence-corrected chi connectivity index (χ1v) is 13.0. The molecule has 8 nitrogen and oxygen atoms in total. The molecule has 1 aliphatic heterocycles. The van der Waals surface area contributed by atoms with Gasteiger partial charge in [0.05, 0.1) is 22.8 Å². The smallest absolute Gasteiger partial charge is 0.0545 e. The topological polar surface area (TPSA) is 98.0 Å². The zero-order valence-electron chi connectivity index (χ0n) is 20.7. The summed E-state index contributed by atoms with van der Waals surface area (Å²) in [5.74, 6) is 0. The van der Waals surface area contributed by atoms with Gasteiger partial charge in [-0.25, -0.2) is 0 Å². The van der Waals surface area contributed by atoms with Gasteiger partial charge in [-0.15, -0.1) is 0 Å². The molecule has 0 spiro atoms. The Morgan fingerprint density at radius 1 is 0.382 bits per heavy atom. The molecule has 6 N–H and O–H groups in total. The van der Waals surface area contributed by atoms with Crippen LogP contribution in [0.25, 0.3) is 0 Å². The maximum absolute atomic E-state index is 4.77. The summed E-state index contributed by atoms with van der Waals surface area (Å²) in [4.78, 5) is 9.54. The fourth-order valence-electron chi connectivity index (χ4n) is 3.92. The van der Waals surface area contributed by atoms with Crippen LogP contribution in [-0.4, -0.2) is 62.3 Å². The molecule has 0 radical (unpaired) electrons. The Morgan fingerprint density at radius 2 is 0.647 bits per heavy atom. The van der Waals surface area contributed by atoms with Crippen LogP contribution in [-0.2, 0) is 26.2 Å². The fraction of sp³-hybridized carbons (Fsp3) is 0.615. The molecule has 0 aromatic carbocycles. The SMILES string of the molecule is c1cc2nc(c1)CNCCCNCCCNCc1cccc(n1)CNCCCNCCCNC2. The molecule has 0 aliphatic carbocycles. The van der Waals surface area contributed by atoms with Gasteiger partial charge in [-0.1, -0.05) is 12.1 Å². The number of fused-ring (bicyclic) bond motifs is 4. The molecule has 34 heavy (non-hydrogen) atoms. The summed E-state index contributed by atoms with van der Waals surface area (Å²) in [5, 5.41) is 21.1. The van der Waals surface area contributed by atoms with Crippen molar-refractivity contribution >= 4 is 0 Å². The summed E-state index contributed by atoms with van der Waals surface area (Å²) < 4.78 is 0. The fourth-order valence-corrected chi connectivity index (χ4v) is 3.92. The first kappa shape index (κ1) is 26.7. The van der Waals surface area contributed by atoms with Gasteiger partial charge in [0, 0.05) is 26.2 Å². The molecule has 2 aromatic rings. The average Bonchev–Trinajstić information content (AvgIpc) is 2.86. The van der Waals surface area contributed by atoms with Crippen LogP contribution in [0.2, 0.25) is 0 Å². The molecule has 0 saturated heterocycles. The predicted molar refractivity (Wildman–Crippen MR) is 140 cm³/mol. The van der Waals surface area contributed by atoms with Gasteiger partial charge in [0.2, 0.25) is 0 Å². The predicted octanol–water partition coefficient (Wildman–Crippen LogP) is 1.29. The van der Waals surface area contributed by atoms with Crippen LogP contribution in [0.4, 0.5) is 0 Å². The third kappa shape index (κ3) is 12.0. The Kier molecular flexibility index (Phi) is 13.7. The molecule has 3 heterocycles. The van der Waals surface area contributed by atoms with Crippen LogP contribution < -0.4 is 31.9 Å². The molecule has 0 unspecified atom stereocenters. The molecule has 2 aromatic heterocycles. The van der Waals surface area contributed by atoms with Crippen molar-refractivity contribution in [1.82, 2.24) is 41.9 Å². The second-order valence-electron chi connectivity index (χ2n) is 8.86. The van der Waals surface area contributed by atoms with Gasteiger partial charge >= 0.3 is 0 Å². The highest BCUT2D eigenvalue weighted by Gasteiger charge is 2.00. The van der Waals surface area contributed by atoms with Crippen LogP contribution in [0.3, 0.4) is 0 Å². The van der Waals surface area contributed by atoms with Crippen LogP contribution in [0, 0.1) is 0 Å². The number of pyridine rings is 2. The molecule has 188 valence electrons. The number of nitrogens with zero attached hydrogens (tertiary/aromatic N) is 2. The van der Waals surface area contributed by atoms with Gasteiger partial charge in [-0.3, -0.25) is 9.97 Å². The lowest BCUT2D eigenvalue weighted by atomic mass is 10.2. The molecule has 0 saturated carbocycles. The van der Waals surface area contributed by atoms with Crippen molar-refractivity contribution in [2.24, 2.45) is 0 Å².